The van der Waals surface area contributed by atoms with Gasteiger partial charge in [0.2, 0.25) is 0 Å². The van der Waals surface area contributed by atoms with Gasteiger partial charge in [-0.3, -0.25) is 0 Å². The average molecular weight is 349 g/mol. The summed E-state index contributed by atoms with van der Waals surface area (Å²) >= 11 is 0. The molecule has 130 valence electrons. The minimum atomic E-state index is -1.01. The van der Waals surface area contributed by atoms with Gasteiger partial charge in [-0.25, -0.2) is 9.18 Å². The molecule has 5 heteroatoms. The number of benzene rings is 2. The number of furan rings is 1. The van der Waals surface area contributed by atoms with Crippen LogP contribution in [0.2, 0.25) is 0 Å². The van der Waals surface area contributed by atoms with E-state index < -0.39 is 5.97 Å². The molecule has 0 aliphatic carbocycles. The van der Waals surface area contributed by atoms with Crippen molar-refractivity contribution in [2.75, 3.05) is 0 Å². The maximum Gasteiger partial charge on any atom is 0.352 e. The summed E-state index contributed by atoms with van der Waals surface area (Å²) in [5, 5.41) is 9.52. The molecule has 0 radical (unpaired) electrons. The Balaban J connectivity index is 1.80. The van der Waals surface area contributed by atoms with E-state index in [2.05, 4.69) is 0 Å². The van der Waals surface area contributed by atoms with Gasteiger partial charge in [0.1, 0.15) is 17.3 Å². The second-order valence-corrected chi connectivity index (χ2v) is 6.27. The third-order valence-electron chi connectivity index (χ3n) is 4.40. The van der Waals surface area contributed by atoms with Crippen molar-refractivity contribution in [3.8, 4) is 11.3 Å². The maximum atomic E-state index is 13.1. The zero-order valence-electron chi connectivity index (χ0n) is 14.1. The number of aryl methyl sites for hydroxylation is 1. The minimum absolute atomic E-state index is 0.171. The van der Waals surface area contributed by atoms with Crippen LogP contribution in [0, 0.1) is 12.7 Å². The van der Waals surface area contributed by atoms with E-state index in [0.29, 0.717) is 23.4 Å². The molecular weight excluding hydrogens is 333 g/mol. The van der Waals surface area contributed by atoms with Crippen LogP contribution in [0.15, 0.2) is 65.1 Å². The summed E-state index contributed by atoms with van der Waals surface area (Å²) in [5.74, 6) is -0.752. The molecule has 0 amide bonds. The van der Waals surface area contributed by atoms with Crippen molar-refractivity contribution in [3.05, 3.63) is 83.3 Å². The topological polar surface area (TPSA) is 55.4 Å². The van der Waals surface area contributed by atoms with Crippen molar-refractivity contribution in [3.63, 3.8) is 0 Å². The Hall–Kier alpha value is -3.34. The number of carboxylic acids is 1. The molecular formula is C21H16FNO3. The van der Waals surface area contributed by atoms with Gasteiger partial charge in [0, 0.05) is 24.2 Å². The number of hydrogen-bond acceptors (Lipinski definition) is 2. The Morgan fingerprint density at radius 3 is 2.42 bits per heavy atom. The summed E-state index contributed by atoms with van der Waals surface area (Å²) in [4.78, 5) is 11.6. The van der Waals surface area contributed by atoms with Gasteiger partial charge in [0.15, 0.2) is 5.58 Å². The highest BCUT2D eigenvalue weighted by Gasteiger charge is 2.19. The Kier molecular flexibility index (Phi) is 3.84. The SMILES string of the molecule is Cc1ccc(Cn2c(C(=O)O)cc3oc(-c4ccc(F)cc4)cc32)cc1. The molecule has 0 saturated carbocycles. The van der Waals surface area contributed by atoms with Crippen molar-refractivity contribution in [1.82, 2.24) is 4.57 Å². The fourth-order valence-electron chi connectivity index (χ4n) is 3.02. The number of nitrogens with zero attached hydrogens (tertiary/aromatic N) is 1. The van der Waals surface area contributed by atoms with Crippen molar-refractivity contribution < 1.29 is 18.7 Å². The van der Waals surface area contributed by atoms with Crippen molar-refractivity contribution in [2.24, 2.45) is 0 Å². The van der Waals surface area contributed by atoms with Gasteiger partial charge in [-0.1, -0.05) is 29.8 Å². The van der Waals surface area contributed by atoms with Crippen LogP contribution in [0.4, 0.5) is 4.39 Å². The van der Waals surface area contributed by atoms with E-state index in [1.165, 1.54) is 18.2 Å². The standard InChI is InChI=1S/C21H16FNO3/c1-13-2-4-14(5-3-13)12-23-17-10-19(15-6-8-16(22)9-7-15)26-20(17)11-18(23)21(24)25/h2-11H,12H2,1H3,(H,24,25). The van der Waals surface area contributed by atoms with Gasteiger partial charge in [0.25, 0.3) is 0 Å². The van der Waals surface area contributed by atoms with E-state index in [1.54, 1.807) is 22.8 Å². The lowest BCUT2D eigenvalue weighted by atomic mass is 10.1. The molecule has 26 heavy (non-hydrogen) atoms. The number of halogens is 1. The zero-order chi connectivity index (χ0) is 18.3. The van der Waals surface area contributed by atoms with Gasteiger partial charge in [-0.05, 0) is 36.8 Å². The first kappa shape index (κ1) is 16.1. The monoisotopic (exact) mass is 349 g/mol. The lowest BCUT2D eigenvalue weighted by Crippen LogP contribution is -2.09. The van der Waals surface area contributed by atoms with Gasteiger partial charge >= 0.3 is 5.97 Å². The van der Waals surface area contributed by atoms with Gasteiger partial charge in [-0.2, -0.15) is 0 Å². The molecule has 0 fully saturated rings. The molecule has 0 bridgehead atoms. The van der Waals surface area contributed by atoms with Crippen LogP contribution in [0.3, 0.4) is 0 Å². The van der Waals surface area contributed by atoms with E-state index in [4.69, 9.17) is 4.42 Å². The quantitative estimate of drug-likeness (QED) is 0.558. The number of rotatable bonds is 4. The number of carbonyl (C=O) groups is 1. The Bertz CT molecular complexity index is 1090. The largest absolute Gasteiger partial charge is 0.477 e. The van der Waals surface area contributed by atoms with E-state index in [-0.39, 0.29) is 11.5 Å². The third kappa shape index (κ3) is 2.88. The molecule has 0 aliphatic rings. The first-order valence-corrected chi connectivity index (χ1v) is 8.19. The summed E-state index contributed by atoms with van der Waals surface area (Å²) in [5.41, 5.74) is 4.24. The predicted molar refractivity (Wildman–Crippen MR) is 96.8 cm³/mol. The average Bonchev–Trinajstić information content (AvgIpc) is 3.17. The normalized spacial score (nSPS) is 11.2. The Morgan fingerprint density at radius 2 is 1.77 bits per heavy atom. The third-order valence-corrected chi connectivity index (χ3v) is 4.40. The number of carboxylic acid groups (broad SMARTS) is 1. The minimum Gasteiger partial charge on any atom is -0.477 e. The van der Waals surface area contributed by atoms with Gasteiger partial charge in [0.05, 0.1) is 5.52 Å². The molecule has 0 spiro atoms. The summed E-state index contributed by atoms with van der Waals surface area (Å²) in [7, 11) is 0. The molecule has 4 rings (SSSR count). The molecule has 0 saturated heterocycles. The summed E-state index contributed by atoms with van der Waals surface area (Å²) in [6.45, 7) is 2.43. The number of aromatic nitrogens is 1. The van der Waals surface area contributed by atoms with Crippen LogP contribution in [0.5, 0.6) is 0 Å². The van der Waals surface area contributed by atoms with E-state index in [0.717, 1.165) is 16.7 Å². The molecule has 2 aromatic heterocycles. The lowest BCUT2D eigenvalue weighted by molar-refractivity contribution is 0.0686. The fraction of sp³-hybridized carbons (Fsp3) is 0.0952. The molecule has 1 N–H and O–H groups in total. The maximum absolute atomic E-state index is 13.1. The molecule has 0 unspecified atom stereocenters. The molecule has 0 atom stereocenters. The Morgan fingerprint density at radius 1 is 1.08 bits per heavy atom. The van der Waals surface area contributed by atoms with E-state index >= 15 is 0 Å². The highest BCUT2D eigenvalue weighted by molar-refractivity contribution is 5.94. The van der Waals surface area contributed by atoms with Gasteiger partial charge < -0.3 is 14.1 Å². The predicted octanol–water partition coefficient (Wildman–Crippen LogP) is 5.10. The van der Waals surface area contributed by atoms with Crippen molar-refractivity contribution in [2.45, 2.75) is 13.5 Å². The smallest absolute Gasteiger partial charge is 0.352 e. The summed E-state index contributed by atoms with van der Waals surface area (Å²) in [6, 6.07) is 17.3. The second kappa shape index (κ2) is 6.19. The van der Waals surface area contributed by atoms with Crippen LogP contribution in [-0.4, -0.2) is 15.6 Å². The number of hydrogen-bond donors (Lipinski definition) is 1. The van der Waals surface area contributed by atoms with E-state index in [1.807, 2.05) is 31.2 Å². The first-order chi connectivity index (χ1) is 12.5. The zero-order valence-corrected chi connectivity index (χ0v) is 14.1. The van der Waals surface area contributed by atoms with Crippen LogP contribution < -0.4 is 0 Å². The van der Waals surface area contributed by atoms with Crippen LogP contribution in [-0.2, 0) is 6.54 Å². The van der Waals surface area contributed by atoms with Crippen LogP contribution in [0.25, 0.3) is 22.4 Å². The van der Waals surface area contributed by atoms with Crippen LogP contribution >= 0.6 is 0 Å². The van der Waals surface area contributed by atoms with Gasteiger partial charge in [-0.15, -0.1) is 0 Å². The number of fused-ring (bicyclic) bond motifs is 1. The molecule has 2 heterocycles. The first-order valence-electron chi connectivity index (χ1n) is 8.19. The van der Waals surface area contributed by atoms with Crippen LogP contribution in [0.1, 0.15) is 21.6 Å². The number of aromatic carboxylic acids is 1. The molecule has 0 aliphatic heterocycles. The fourth-order valence-corrected chi connectivity index (χ4v) is 3.02. The van der Waals surface area contributed by atoms with E-state index in [9.17, 15) is 14.3 Å². The summed E-state index contributed by atoms with van der Waals surface area (Å²) < 4.78 is 20.7. The highest BCUT2D eigenvalue weighted by atomic mass is 19.1. The summed E-state index contributed by atoms with van der Waals surface area (Å²) in [6.07, 6.45) is 0. The molecule has 4 nitrogen and oxygen atoms in total. The molecule has 2 aromatic carbocycles. The lowest BCUT2D eigenvalue weighted by Gasteiger charge is -2.08. The highest BCUT2D eigenvalue weighted by Crippen LogP contribution is 2.31. The Labute approximate surface area is 149 Å². The van der Waals surface area contributed by atoms with Crippen molar-refractivity contribution >= 4 is 17.1 Å². The molecule has 4 aromatic rings. The second-order valence-electron chi connectivity index (χ2n) is 6.27. The van der Waals surface area contributed by atoms with Crippen molar-refractivity contribution in [1.29, 1.82) is 0 Å².